The molecule has 1 heterocycles. The van der Waals surface area contributed by atoms with Crippen LogP contribution in [0.1, 0.15) is 29.5 Å². The predicted molar refractivity (Wildman–Crippen MR) is 90.7 cm³/mol. The average molecular weight is 323 g/mol. The van der Waals surface area contributed by atoms with Gasteiger partial charge in [0.1, 0.15) is 5.58 Å². The molecule has 1 aliphatic rings. The average Bonchev–Trinajstić information content (AvgIpc) is 3.08. The van der Waals surface area contributed by atoms with Crippen molar-refractivity contribution >= 4 is 29.3 Å². The van der Waals surface area contributed by atoms with E-state index < -0.39 is 0 Å². The first-order valence-corrected chi connectivity index (χ1v) is 7.71. The molecule has 0 spiro atoms. The fourth-order valence-electron chi connectivity index (χ4n) is 3.01. The number of aryl methyl sites for hydroxylation is 2. The second-order valence-corrected chi connectivity index (χ2v) is 5.72. The summed E-state index contributed by atoms with van der Waals surface area (Å²) in [5.41, 5.74) is 4.72. The van der Waals surface area contributed by atoms with E-state index in [1.807, 2.05) is 7.05 Å². The van der Waals surface area contributed by atoms with Gasteiger partial charge in [-0.25, -0.2) is 0 Å². The van der Waals surface area contributed by atoms with E-state index in [2.05, 4.69) is 22.8 Å². The molecule has 0 atom stereocenters. The number of rotatable bonds is 6. The maximum Gasteiger partial charge on any atom is 0.224 e. The van der Waals surface area contributed by atoms with E-state index in [1.54, 1.807) is 6.26 Å². The number of amides is 1. The maximum absolute atomic E-state index is 12.0. The molecule has 1 amide bonds. The van der Waals surface area contributed by atoms with Crippen LogP contribution >= 0.6 is 12.4 Å². The maximum atomic E-state index is 12.0. The Hall–Kier alpha value is -1.52. The minimum atomic E-state index is 0. The Morgan fingerprint density at radius 3 is 2.77 bits per heavy atom. The lowest BCUT2D eigenvalue weighted by atomic mass is 10.0. The monoisotopic (exact) mass is 322 g/mol. The topological polar surface area (TPSA) is 54.3 Å². The number of hydrogen-bond acceptors (Lipinski definition) is 3. The van der Waals surface area contributed by atoms with E-state index >= 15 is 0 Å². The number of hydrogen-bond donors (Lipinski definition) is 2. The van der Waals surface area contributed by atoms with Crippen molar-refractivity contribution in [2.75, 3.05) is 20.1 Å². The molecule has 0 fully saturated rings. The fraction of sp³-hybridized carbons (Fsp3) is 0.471. The van der Waals surface area contributed by atoms with Crippen LogP contribution in [0.4, 0.5) is 0 Å². The van der Waals surface area contributed by atoms with Crippen LogP contribution in [-0.4, -0.2) is 26.0 Å². The van der Waals surface area contributed by atoms with Crippen molar-refractivity contribution in [3.63, 3.8) is 0 Å². The van der Waals surface area contributed by atoms with E-state index in [-0.39, 0.29) is 18.3 Å². The number of nitrogens with one attached hydrogen (secondary N) is 2. The second-order valence-electron chi connectivity index (χ2n) is 5.72. The van der Waals surface area contributed by atoms with Gasteiger partial charge in [0, 0.05) is 17.5 Å². The molecule has 0 bridgehead atoms. The van der Waals surface area contributed by atoms with Crippen LogP contribution in [0.15, 0.2) is 22.8 Å². The van der Waals surface area contributed by atoms with Crippen molar-refractivity contribution in [2.24, 2.45) is 0 Å². The Balaban J connectivity index is 0.00000176. The smallest absolute Gasteiger partial charge is 0.224 e. The zero-order chi connectivity index (χ0) is 14.7. The Morgan fingerprint density at radius 1 is 1.23 bits per heavy atom. The van der Waals surface area contributed by atoms with Gasteiger partial charge in [0.2, 0.25) is 5.91 Å². The number of fused-ring (bicyclic) bond motifs is 2. The summed E-state index contributed by atoms with van der Waals surface area (Å²) in [7, 11) is 1.91. The van der Waals surface area contributed by atoms with E-state index in [0.29, 0.717) is 13.0 Å². The van der Waals surface area contributed by atoms with Crippen LogP contribution in [-0.2, 0) is 24.1 Å². The van der Waals surface area contributed by atoms with Gasteiger partial charge in [0.05, 0.1) is 12.7 Å². The first kappa shape index (κ1) is 16.8. The molecule has 5 heteroatoms. The molecule has 1 aromatic carbocycles. The van der Waals surface area contributed by atoms with Crippen LogP contribution in [0.2, 0.25) is 0 Å². The molecule has 1 aliphatic carbocycles. The van der Waals surface area contributed by atoms with Crippen LogP contribution < -0.4 is 10.6 Å². The van der Waals surface area contributed by atoms with E-state index in [0.717, 1.165) is 42.3 Å². The van der Waals surface area contributed by atoms with Gasteiger partial charge >= 0.3 is 0 Å². The SMILES string of the molecule is CNCCCNC(=O)Cc1coc2cc3c(cc12)CCC3.Cl. The minimum absolute atomic E-state index is 0. The summed E-state index contributed by atoms with van der Waals surface area (Å²) in [5, 5.41) is 7.12. The Bertz CT molecular complexity index is 651. The third kappa shape index (κ3) is 3.62. The zero-order valence-electron chi connectivity index (χ0n) is 12.9. The highest BCUT2D eigenvalue weighted by Gasteiger charge is 2.16. The van der Waals surface area contributed by atoms with Gasteiger partial charge in [-0.1, -0.05) is 0 Å². The summed E-state index contributed by atoms with van der Waals surface area (Å²) in [5.74, 6) is 0.0642. The van der Waals surface area contributed by atoms with Crippen molar-refractivity contribution in [3.8, 4) is 0 Å². The van der Waals surface area contributed by atoms with Crippen molar-refractivity contribution in [3.05, 3.63) is 35.1 Å². The number of benzene rings is 1. The number of furan rings is 1. The highest BCUT2D eigenvalue weighted by atomic mass is 35.5. The van der Waals surface area contributed by atoms with Crippen LogP contribution in [0.25, 0.3) is 11.0 Å². The van der Waals surface area contributed by atoms with Gasteiger partial charge in [0.25, 0.3) is 0 Å². The molecule has 0 saturated heterocycles. The van der Waals surface area contributed by atoms with Crippen LogP contribution in [0, 0.1) is 0 Å². The third-order valence-electron chi connectivity index (χ3n) is 4.14. The molecule has 2 aromatic rings. The van der Waals surface area contributed by atoms with Gasteiger partial charge in [0.15, 0.2) is 0 Å². The lowest BCUT2D eigenvalue weighted by Crippen LogP contribution is -2.27. The quantitative estimate of drug-likeness (QED) is 0.804. The van der Waals surface area contributed by atoms with Crippen molar-refractivity contribution in [2.45, 2.75) is 32.1 Å². The number of halogens is 1. The summed E-state index contributed by atoms with van der Waals surface area (Å²) in [4.78, 5) is 12.0. The molecule has 1 aromatic heterocycles. The first-order chi connectivity index (χ1) is 10.3. The number of carbonyl (C=O) groups is 1. The van der Waals surface area contributed by atoms with E-state index in [1.165, 1.54) is 17.5 Å². The zero-order valence-corrected chi connectivity index (χ0v) is 13.7. The third-order valence-corrected chi connectivity index (χ3v) is 4.14. The van der Waals surface area contributed by atoms with E-state index in [9.17, 15) is 4.79 Å². The largest absolute Gasteiger partial charge is 0.464 e. The molecular formula is C17H23ClN2O2. The fourth-order valence-corrected chi connectivity index (χ4v) is 3.01. The van der Waals surface area contributed by atoms with Gasteiger partial charge < -0.3 is 15.1 Å². The minimum Gasteiger partial charge on any atom is -0.464 e. The van der Waals surface area contributed by atoms with Gasteiger partial charge in [-0.3, -0.25) is 4.79 Å². The number of carbonyl (C=O) groups excluding carboxylic acids is 1. The summed E-state index contributed by atoms with van der Waals surface area (Å²) < 4.78 is 5.63. The molecule has 0 unspecified atom stereocenters. The van der Waals surface area contributed by atoms with Gasteiger partial charge in [-0.2, -0.15) is 0 Å². The van der Waals surface area contributed by atoms with Crippen molar-refractivity contribution < 1.29 is 9.21 Å². The Labute approximate surface area is 137 Å². The second kappa shape index (κ2) is 7.65. The normalized spacial score (nSPS) is 13.0. The molecule has 4 nitrogen and oxygen atoms in total. The molecule has 0 radical (unpaired) electrons. The Kier molecular flexibility index (Phi) is 5.86. The molecular weight excluding hydrogens is 300 g/mol. The predicted octanol–water partition coefficient (Wildman–Crippen LogP) is 2.61. The molecule has 0 aliphatic heterocycles. The van der Waals surface area contributed by atoms with Crippen molar-refractivity contribution in [1.82, 2.24) is 10.6 Å². The summed E-state index contributed by atoms with van der Waals surface area (Å²) in [6.45, 7) is 1.63. The van der Waals surface area contributed by atoms with Crippen LogP contribution in [0.5, 0.6) is 0 Å². The Morgan fingerprint density at radius 2 is 2.00 bits per heavy atom. The lowest BCUT2D eigenvalue weighted by Gasteiger charge is -2.04. The molecule has 120 valence electrons. The first-order valence-electron chi connectivity index (χ1n) is 7.71. The lowest BCUT2D eigenvalue weighted by molar-refractivity contribution is -0.120. The molecule has 3 rings (SSSR count). The molecule has 2 N–H and O–H groups in total. The molecule has 0 saturated carbocycles. The van der Waals surface area contributed by atoms with Crippen LogP contribution in [0.3, 0.4) is 0 Å². The standard InChI is InChI=1S/C17H22N2O2.ClH/c1-18-6-3-7-19-17(20)10-14-11-21-16-9-13-5-2-4-12(13)8-15(14)16;/h8-9,11,18H,2-7,10H2,1H3,(H,19,20);1H. The molecule has 22 heavy (non-hydrogen) atoms. The summed E-state index contributed by atoms with van der Waals surface area (Å²) in [6.07, 6.45) is 6.59. The van der Waals surface area contributed by atoms with Gasteiger partial charge in [-0.15, -0.1) is 12.4 Å². The summed E-state index contributed by atoms with van der Waals surface area (Å²) >= 11 is 0. The van der Waals surface area contributed by atoms with Crippen molar-refractivity contribution in [1.29, 1.82) is 0 Å². The highest BCUT2D eigenvalue weighted by Crippen LogP contribution is 2.30. The van der Waals surface area contributed by atoms with E-state index in [4.69, 9.17) is 4.42 Å². The highest BCUT2D eigenvalue weighted by molar-refractivity contribution is 5.88. The summed E-state index contributed by atoms with van der Waals surface area (Å²) in [6, 6.07) is 4.36. The van der Waals surface area contributed by atoms with Gasteiger partial charge in [-0.05, 0) is 62.5 Å².